The van der Waals surface area contributed by atoms with Gasteiger partial charge >= 0.3 is 0 Å². The van der Waals surface area contributed by atoms with Gasteiger partial charge in [0.05, 0.1) is 6.04 Å². The van der Waals surface area contributed by atoms with Gasteiger partial charge in [-0.05, 0) is 37.4 Å². The fourth-order valence-electron chi connectivity index (χ4n) is 2.31. The lowest BCUT2D eigenvalue weighted by atomic mass is 9.85. The standard InChI is InChI=1S/C13H17NO/c1-3-14-12-8-7-10-9(2)5-4-6-11(10)13(12)15/h4-6,12,14H,3,7-8H2,1-2H3. The number of ketones is 1. The largest absolute Gasteiger partial charge is 0.307 e. The minimum atomic E-state index is 0.0318. The third-order valence-corrected chi connectivity index (χ3v) is 3.13. The summed E-state index contributed by atoms with van der Waals surface area (Å²) in [6.45, 7) is 4.98. The zero-order chi connectivity index (χ0) is 10.8. The summed E-state index contributed by atoms with van der Waals surface area (Å²) in [6, 6.07) is 6.04. The van der Waals surface area contributed by atoms with Crippen LogP contribution in [0.3, 0.4) is 0 Å². The molecule has 0 aromatic heterocycles. The zero-order valence-corrected chi connectivity index (χ0v) is 9.34. The number of hydrogen-bond acceptors (Lipinski definition) is 2. The first kappa shape index (κ1) is 10.4. The van der Waals surface area contributed by atoms with Crippen molar-refractivity contribution in [3.8, 4) is 0 Å². The summed E-state index contributed by atoms with van der Waals surface area (Å²) in [7, 11) is 0. The minimum Gasteiger partial charge on any atom is -0.307 e. The van der Waals surface area contributed by atoms with Crippen LogP contribution in [0.2, 0.25) is 0 Å². The quantitative estimate of drug-likeness (QED) is 0.797. The summed E-state index contributed by atoms with van der Waals surface area (Å²) < 4.78 is 0. The molecule has 0 fully saturated rings. The molecule has 2 nitrogen and oxygen atoms in total. The number of Topliss-reactive ketones (excluding diaryl/α,β-unsaturated/α-hetero) is 1. The van der Waals surface area contributed by atoms with Crippen molar-refractivity contribution in [2.45, 2.75) is 32.7 Å². The molecule has 80 valence electrons. The number of aryl methyl sites for hydroxylation is 1. The second-order valence-corrected chi connectivity index (χ2v) is 4.11. The normalized spacial score (nSPS) is 20.1. The molecule has 0 aliphatic heterocycles. The van der Waals surface area contributed by atoms with E-state index in [-0.39, 0.29) is 11.8 Å². The van der Waals surface area contributed by atoms with Crippen molar-refractivity contribution < 1.29 is 4.79 Å². The second kappa shape index (κ2) is 4.15. The van der Waals surface area contributed by atoms with E-state index in [2.05, 4.69) is 18.3 Å². The molecule has 2 heteroatoms. The first-order valence-electron chi connectivity index (χ1n) is 5.60. The van der Waals surface area contributed by atoms with Gasteiger partial charge in [0.15, 0.2) is 5.78 Å². The van der Waals surface area contributed by atoms with Crippen LogP contribution in [0.15, 0.2) is 18.2 Å². The molecule has 1 aliphatic rings. The highest BCUT2D eigenvalue weighted by molar-refractivity contribution is 6.02. The highest BCUT2D eigenvalue weighted by Gasteiger charge is 2.26. The van der Waals surface area contributed by atoms with E-state index >= 15 is 0 Å². The van der Waals surface area contributed by atoms with Crippen molar-refractivity contribution in [1.29, 1.82) is 0 Å². The van der Waals surface area contributed by atoms with E-state index in [9.17, 15) is 4.79 Å². The maximum Gasteiger partial charge on any atom is 0.180 e. The number of carbonyl (C=O) groups excluding carboxylic acids is 1. The molecule has 0 amide bonds. The lowest BCUT2D eigenvalue weighted by Gasteiger charge is -2.24. The van der Waals surface area contributed by atoms with Gasteiger partial charge in [0.1, 0.15) is 0 Å². The number of fused-ring (bicyclic) bond motifs is 1. The van der Waals surface area contributed by atoms with Crippen molar-refractivity contribution in [3.63, 3.8) is 0 Å². The van der Waals surface area contributed by atoms with Gasteiger partial charge in [0.2, 0.25) is 0 Å². The molecule has 1 aliphatic carbocycles. The van der Waals surface area contributed by atoms with E-state index in [1.54, 1.807) is 0 Å². The predicted octanol–water partition coefficient (Wildman–Crippen LogP) is 2.10. The zero-order valence-electron chi connectivity index (χ0n) is 9.34. The number of benzene rings is 1. The average Bonchev–Trinajstić information content (AvgIpc) is 2.23. The van der Waals surface area contributed by atoms with Crippen molar-refractivity contribution in [1.82, 2.24) is 5.32 Å². The Labute approximate surface area is 90.7 Å². The van der Waals surface area contributed by atoms with E-state index < -0.39 is 0 Å². The third kappa shape index (κ3) is 1.82. The summed E-state index contributed by atoms with van der Waals surface area (Å²) in [5, 5.41) is 3.25. The summed E-state index contributed by atoms with van der Waals surface area (Å²) in [6.07, 6.45) is 1.95. The fraction of sp³-hybridized carbons (Fsp3) is 0.462. The van der Waals surface area contributed by atoms with Crippen molar-refractivity contribution in [2.75, 3.05) is 6.54 Å². The summed E-state index contributed by atoms with van der Waals surface area (Å²) in [5.74, 6) is 0.266. The molecule has 0 radical (unpaired) electrons. The molecule has 0 heterocycles. The molecule has 1 unspecified atom stereocenters. The first-order valence-corrected chi connectivity index (χ1v) is 5.60. The van der Waals surface area contributed by atoms with Crippen molar-refractivity contribution >= 4 is 5.78 Å². The van der Waals surface area contributed by atoms with E-state index in [1.165, 1.54) is 11.1 Å². The van der Waals surface area contributed by atoms with Gasteiger partial charge in [-0.1, -0.05) is 25.1 Å². The van der Waals surface area contributed by atoms with Crippen LogP contribution in [0, 0.1) is 6.92 Å². The van der Waals surface area contributed by atoms with Gasteiger partial charge in [-0.25, -0.2) is 0 Å². The molecule has 0 saturated carbocycles. The second-order valence-electron chi connectivity index (χ2n) is 4.11. The number of nitrogens with one attached hydrogen (secondary N) is 1. The van der Waals surface area contributed by atoms with E-state index in [0.29, 0.717) is 0 Å². The number of likely N-dealkylation sites (N-methyl/N-ethyl adjacent to an activating group) is 1. The third-order valence-electron chi connectivity index (χ3n) is 3.13. The molecule has 1 atom stereocenters. The van der Waals surface area contributed by atoms with Crippen LogP contribution >= 0.6 is 0 Å². The maximum atomic E-state index is 12.1. The summed E-state index contributed by atoms with van der Waals surface area (Å²) >= 11 is 0. The molecule has 0 bridgehead atoms. The Hall–Kier alpha value is -1.15. The van der Waals surface area contributed by atoms with Gasteiger partial charge < -0.3 is 5.32 Å². The Kier molecular flexibility index (Phi) is 2.87. The maximum absolute atomic E-state index is 12.1. The van der Waals surface area contributed by atoms with Crippen molar-refractivity contribution in [3.05, 3.63) is 34.9 Å². The van der Waals surface area contributed by atoms with Crippen LogP contribution in [0.1, 0.15) is 34.8 Å². The molecular weight excluding hydrogens is 186 g/mol. The number of hydrogen-bond donors (Lipinski definition) is 1. The van der Waals surface area contributed by atoms with E-state index in [1.807, 2.05) is 19.1 Å². The molecule has 2 rings (SSSR count). The number of rotatable bonds is 2. The minimum absolute atomic E-state index is 0.0318. The molecule has 1 aromatic carbocycles. The Morgan fingerprint density at radius 3 is 3.00 bits per heavy atom. The highest BCUT2D eigenvalue weighted by atomic mass is 16.1. The Balaban J connectivity index is 2.34. The Bertz CT molecular complexity index is 384. The van der Waals surface area contributed by atoms with Gasteiger partial charge in [-0.3, -0.25) is 4.79 Å². The van der Waals surface area contributed by atoms with Crippen LogP contribution in [-0.2, 0) is 6.42 Å². The molecule has 15 heavy (non-hydrogen) atoms. The van der Waals surface area contributed by atoms with Gasteiger partial charge in [-0.2, -0.15) is 0 Å². The van der Waals surface area contributed by atoms with E-state index in [0.717, 1.165) is 24.9 Å². The molecule has 0 saturated heterocycles. The van der Waals surface area contributed by atoms with Crippen LogP contribution < -0.4 is 5.32 Å². The van der Waals surface area contributed by atoms with Gasteiger partial charge in [-0.15, -0.1) is 0 Å². The van der Waals surface area contributed by atoms with Gasteiger partial charge in [0.25, 0.3) is 0 Å². The van der Waals surface area contributed by atoms with Gasteiger partial charge in [0, 0.05) is 5.56 Å². The lowest BCUT2D eigenvalue weighted by Crippen LogP contribution is -2.40. The fourth-order valence-corrected chi connectivity index (χ4v) is 2.31. The molecule has 1 aromatic rings. The highest BCUT2D eigenvalue weighted by Crippen LogP contribution is 2.24. The lowest BCUT2D eigenvalue weighted by molar-refractivity contribution is 0.0929. The average molecular weight is 203 g/mol. The molecule has 1 N–H and O–H groups in total. The topological polar surface area (TPSA) is 29.1 Å². The Morgan fingerprint density at radius 2 is 2.27 bits per heavy atom. The van der Waals surface area contributed by atoms with E-state index in [4.69, 9.17) is 0 Å². The van der Waals surface area contributed by atoms with Crippen LogP contribution in [0.25, 0.3) is 0 Å². The SMILES string of the molecule is CCNC1CCc2c(C)cccc2C1=O. The summed E-state index contributed by atoms with van der Waals surface area (Å²) in [4.78, 5) is 12.1. The van der Waals surface area contributed by atoms with Crippen LogP contribution in [-0.4, -0.2) is 18.4 Å². The van der Waals surface area contributed by atoms with Crippen molar-refractivity contribution in [2.24, 2.45) is 0 Å². The predicted molar refractivity (Wildman–Crippen MR) is 61.3 cm³/mol. The molecule has 0 spiro atoms. The first-order chi connectivity index (χ1) is 7.24. The van der Waals surface area contributed by atoms with Crippen LogP contribution in [0.4, 0.5) is 0 Å². The smallest absolute Gasteiger partial charge is 0.180 e. The summed E-state index contributed by atoms with van der Waals surface area (Å²) in [5.41, 5.74) is 3.42. The molecular formula is C13H17NO. The monoisotopic (exact) mass is 203 g/mol. The number of carbonyl (C=O) groups is 1. The Morgan fingerprint density at radius 1 is 1.47 bits per heavy atom. The van der Waals surface area contributed by atoms with Crippen LogP contribution in [0.5, 0.6) is 0 Å².